The van der Waals surface area contributed by atoms with E-state index in [1.165, 1.54) is 16.8 Å². The fourth-order valence-corrected chi connectivity index (χ4v) is 4.24. The number of fused-ring (bicyclic) bond motifs is 1. The van der Waals surface area contributed by atoms with Crippen LogP contribution in [0.25, 0.3) is 16.9 Å². The summed E-state index contributed by atoms with van der Waals surface area (Å²) in [5, 5.41) is 18.4. The van der Waals surface area contributed by atoms with E-state index in [2.05, 4.69) is 25.7 Å². The summed E-state index contributed by atoms with van der Waals surface area (Å²) >= 11 is 0. The highest BCUT2D eigenvalue weighted by atomic mass is 19.4. The minimum absolute atomic E-state index is 0.114. The molecule has 246 valence electrons. The highest BCUT2D eigenvalue weighted by molar-refractivity contribution is 5.96. The molecule has 45 heavy (non-hydrogen) atoms. The van der Waals surface area contributed by atoms with E-state index in [1.807, 2.05) is 20.8 Å². The third kappa shape index (κ3) is 8.70. The fourth-order valence-electron chi connectivity index (χ4n) is 4.24. The molecule has 4 rings (SSSR count). The second-order valence-corrected chi connectivity index (χ2v) is 9.29. The summed E-state index contributed by atoms with van der Waals surface area (Å²) in [5.74, 6) is -0.125. The van der Waals surface area contributed by atoms with E-state index < -0.39 is 36.3 Å². The third-order valence-electron chi connectivity index (χ3n) is 6.26. The lowest BCUT2D eigenvalue weighted by Crippen LogP contribution is -2.33. The first-order valence-electron chi connectivity index (χ1n) is 14.0. The number of alkyl halides is 6. The van der Waals surface area contributed by atoms with Crippen LogP contribution in [-0.4, -0.2) is 73.7 Å². The van der Waals surface area contributed by atoms with Crippen LogP contribution in [0.2, 0.25) is 0 Å². The van der Waals surface area contributed by atoms with E-state index in [1.54, 1.807) is 18.2 Å². The second-order valence-electron chi connectivity index (χ2n) is 9.29. The van der Waals surface area contributed by atoms with Crippen LogP contribution in [0.15, 0.2) is 43.0 Å². The van der Waals surface area contributed by atoms with Gasteiger partial charge in [-0.3, -0.25) is 13.9 Å². The van der Waals surface area contributed by atoms with Crippen molar-refractivity contribution in [3.8, 4) is 11.3 Å². The molecule has 0 aliphatic carbocycles. The summed E-state index contributed by atoms with van der Waals surface area (Å²) in [6, 6.07) is 4.98. The minimum Gasteiger partial charge on any atom is -0.382 e. The van der Waals surface area contributed by atoms with E-state index in [-0.39, 0.29) is 23.1 Å². The quantitative estimate of drug-likeness (QED) is 0.130. The monoisotopic (exact) mass is 644 g/mol. The molecule has 11 nitrogen and oxygen atoms in total. The van der Waals surface area contributed by atoms with Crippen LogP contribution >= 0.6 is 0 Å². The van der Waals surface area contributed by atoms with Gasteiger partial charge in [0.2, 0.25) is 0 Å². The number of nitrogens with one attached hydrogen (secondary N) is 2. The highest BCUT2D eigenvalue weighted by Crippen LogP contribution is 2.37. The molecule has 1 aromatic carbocycles. The van der Waals surface area contributed by atoms with Gasteiger partial charge in [0.1, 0.15) is 0 Å². The number of aryl methyl sites for hydroxylation is 1. The highest BCUT2D eigenvalue weighted by Gasteiger charge is 2.41. The van der Waals surface area contributed by atoms with Crippen molar-refractivity contribution in [1.29, 1.82) is 0 Å². The Bertz CT molecular complexity index is 1570. The van der Waals surface area contributed by atoms with Gasteiger partial charge < -0.3 is 26.2 Å². The number of hydrogen-bond acceptors (Lipinski definition) is 8. The molecule has 3 heterocycles. The van der Waals surface area contributed by atoms with Crippen LogP contribution < -0.4 is 16.4 Å². The molecule has 0 spiro atoms. The van der Waals surface area contributed by atoms with E-state index in [0.29, 0.717) is 54.2 Å². The van der Waals surface area contributed by atoms with Gasteiger partial charge in [-0.15, -0.1) is 0 Å². The van der Waals surface area contributed by atoms with E-state index in [0.717, 1.165) is 12.4 Å². The molecule has 17 heteroatoms. The molecule has 1 atom stereocenters. The first-order chi connectivity index (χ1) is 21.3. The number of rotatable bonds is 12. The standard InChI is InChI=1S/C26H28F6N8O3.C2H6/c1-2-15-11-16(3-4-17(15)24(42)35-7-10-43-9-5-33)37-22-23-36-12-19(40(23)8-6-34-22)18-13-39(14-20(41)25(27,28)29)38-21(18)26(30,31)32;1-2/h3-4,6,8,11-13,20,41H,2,5,7,9-10,14,33H2,1H3,(H,34,37)(H,35,42);1-2H3. The summed E-state index contributed by atoms with van der Waals surface area (Å²) in [7, 11) is 0. The number of hydrogen-bond donors (Lipinski definition) is 4. The SMILES string of the molecule is CC.CCc1cc(Nc2nccn3c(-c4cn(CC(O)C(F)(F)F)nc4C(F)(F)F)cnc23)ccc1C(=O)NCCOCCN. The average Bonchev–Trinajstić information content (AvgIpc) is 3.62. The number of carbonyl (C=O) groups excluding carboxylic acids is 1. The lowest BCUT2D eigenvalue weighted by molar-refractivity contribution is -0.208. The van der Waals surface area contributed by atoms with Crippen molar-refractivity contribution in [2.45, 2.75) is 52.2 Å². The number of aliphatic hydroxyl groups is 1. The zero-order valence-corrected chi connectivity index (χ0v) is 24.7. The predicted octanol–water partition coefficient (Wildman–Crippen LogP) is 4.57. The number of nitrogens with zero attached hydrogens (tertiary/aromatic N) is 5. The molecule has 0 bridgehead atoms. The van der Waals surface area contributed by atoms with Crippen molar-refractivity contribution in [2.24, 2.45) is 5.73 Å². The largest absolute Gasteiger partial charge is 0.435 e. The predicted molar refractivity (Wildman–Crippen MR) is 154 cm³/mol. The van der Waals surface area contributed by atoms with Gasteiger partial charge in [-0.2, -0.15) is 31.4 Å². The van der Waals surface area contributed by atoms with Crippen molar-refractivity contribution in [3.05, 3.63) is 59.8 Å². The van der Waals surface area contributed by atoms with Crippen LogP contribution in [0.1, 0.15) is 42.4 Å². The first-order valence-corrected chi connectivity index (χ1v) is 14.0. The number of anilines is 2. The van der Waals surface area contributed by atoms with Gasteiger partial charge in [0.05, 0.1) is 37.2 Å². The zero-order chi connectivity index (χ0) is 33.4. The number of carbonyl (C=O) groups is 1. The smallest absolute Gasteiger partial charge is 0.382 e. The Kier molecular flexibility index (Phi) is 11.9. The maximum absolute atomic E-state index is 13.8. The number of imidazole rings is 1. The van der Waals surface area contributed by atoms with Crippen molar-refractivity contribution >= 4 is 23.1 Å². The van der Waals surface area contributed by atoms with Gasteiger partial charge in [0.15, 0.2) is 23.3 Å². The summed E-state index contributed by atoms with van der Waals surface area (Å²) in [5.41, 5.74) is 5.07. The van der Waals surface area contributed by atoms with Gasteiger partial charge in [-0.05, 0) is 30.2 Å². The Hall–Kier alpha value is -4.22. The second kappa shape index (κ2) is 15.2. The van der Waals surface area contributed by atoms with Crippen LogP contribution in [0.4, 0.5) is 37.8 Å². The zero-order valence-electron chi connectivity index (χ0n) is 24.7. The van der Waals surface area contributed by atoms with E-state index in [4.69, 9.17) is 10.5 Å². The number of aliphatic hydroxyl groups excluding tert-OH is 1. The van der Waals surface area contributed by atoms with Crippen molar-refractivity contribution in [2.75, 3.05) is 31.6 Å². The first kappa shape index (κ1) is 35.3. The Morgan fingerprint density at radius 2 is 1.87 bits per heavy atom. The molecule has 0 radical (unpaired) electrons. The lowest BCUT2D eigenvalue weighted by Gasteiger charge is -2.14. The summed E-state index contributed by atoms with van der Waals surface area (Å²) in [6.07, 6.45) is -7.92. The van der Waals surface area contributed by atoms with Gasteiger partial charge in [-0.25, -0.2) is 9.97 Å². The molecular formula is C28H34F6N8O3. The molecule has 0 aliphatic rings. The van der Waals surface area contributed by atoms with E-state index >= 15 is 0 Å². The Labute approximate surface area is 254 Å². The molecule has 5 N–H and O–H groups in total. The van der Waals surface area contributed by atoms with Crippen LogP contribution in [0.3, 0.4) is 0 Å². The van der Waals surface area contributed by atoms with Crippen molar-refractivity contribution < 1.29 is 41.0 Å². The summed E-state index contributed by atoms with van der Waals surface area (Å²) in [6.45, 7) is 6.01. The Balaban J connectivity index is 0.00000271. The number of nitrogens with two attached hydrogens (primary N) is 1. The minimum atomic E-state index is -5.04. The molecular weight excluding hydrogens is 610 g/mol. The van der Waals surface area contributed by atoms with Crippen LogP contribution in [-0.2, 0) is 23.9 Å². The topological polar surface area (TPSA) is 145 Å². The summed E-state index contributed by atoms with van der Waals surface area (Å²) in [4.78, 5) is 21.1. The number of amides is 1. The molecule has 0 fully saturated rings. The normalized spacial score (nSPS) is 12.5. The van der Waals surface area contributed by atoms with E-state index in [9.17, 15) is 36.2 Å². The number of halogens is 6. The maximum atomic E-state index is 13.8. The molecule has 0 saturated carbocycles. The Morgan fingerprint density at radius 3 is 2.51 bits per heavy atom. The van der Waals surface area contributed by atoms with Crippen molar-refractivity contribution in [3.63, 3.8) is 0 Å². The molecule has 4 aromatic rings. The third-order valence-corrected chi connectivity index (χ3v) is 6.26. The Morgan fingerprint density at radius 1 is 1.13 bits per heavy atom. The molecule has 0 aliphatic heterocycles. The van der Waals surface area contributed by atoms with Crippen molar-refractivity contribution in [1.82, 2.24) is 29.5 Å². The van der Waals surface area contributed by atoms with Gasteiger partial charge in [-0.1, -0.05) is 20.8 Å². The number of benzene rings is 1. The maximum Gasteiger partial charge on any atom is 0.435 e. The molecule has 1 amide bonds. The summed E-state index contributed by atoms with van der Waals surface area (Å²) < 4.78 is 86.8. The average molecular weight is 645 g/mol. The van der Waals surface area contributed by atoms with Gasteiger partial charge in [0.25, 0.3) is 5.91 Å². The van der Waals surface area contributed by atoms with Gasteiger partial charge in [0, 0.05) is 42.9 Å². The number of ether oxygens (including phenoxy) is 1. The van der Waals surface area contributed by atoms with Crippen LogP contribution in [0, 0.1) is 0 Å². The molecule has 1 unspecified atom stereocenters. The van der Waals surface area contributed by atoms with Crippen LogP contribution in [0.5, 0.6) is 0 Å². The fraction of sp³-hybridized carbons (Fsp3) is 0.429. The lowest BCUT2D eigenvalue weighted by atomic mass is 10.0. The van der Waals surface area contributed by atoms with Gasteiger partial charge >= 0.3 is 12.4 Å². The molecule has 3 aromatic heterocycles. The number of aromatic nitrogens is 5. The molecule has 0 saturated heterocycles.